The van der Waals surface area contributed by atoms with E-state index in [1.807, 2.05) is 12.3 Å². The standard InChI is InChI=1S/C14H11N.C5H12O2.Rh/c1-10-4-2-5-11-7-8-12-6-3-9-15-14(12)13(10)11;1-4(6)3-5(2)7;/h2-9H,1H3;4-7H,3H2,1-2H3;. The van der Waals surface area contributed by atoms with Gasteiger partial charge < -0.3 is 10.2 Å². The first-order valence-electron chi connectivity index (χ1n) is 7.58. The Balaban J connectivity index is 0.000000287. The zero-order valence-electron chi connectivity index (χ0n) is 13.7. The Kier molecular flexibility index (Phi) is 7.77. The van der Waals surface area contributed by atoms with Gasteiger partial charge in [0.2, 0.25) is 0 Å². The van der Waals surface area contributed by atoms with E-state index in [0.29, 0.717) is 6.42 Å². The van der Waals surface area contributed by atoms with Crippen LogP contribution >= 0.6 is 0 Å². The number of hydrogen-bond donors (Lipinski definition) is 2. The van der Waals surface area contributed by atoms with E-state index in [-0.39, 0.29) is 31.7 Å². The third kappa shape index (κ3) is 5.35. The van der Waals surface area contributed by atoms with Gasteiger partial charge in [0.25, 0.3) is 0 Å². The summed E-state index contributed by atoms with van der Waals surface area (Å²) >= 11 is 0. The number of aryl methyl sites for hydroxylation is 1. The molecule has 2 unspecified atom stereocenters. The van der Waals surface area contributed by atoms with E-state index >= 15 is 0 Å². The monoisotopic (exact) mass is 400 g/mol. The third-order valence-electron chi connectivity index (χ3n) is 3.51. The molecule has 3 rings (SSSR count). The van der Waals surface area contributed by atoms with Crippen molar-refractivity contribution < 1.29 is 29.7 Å². The van der Waals surface area contributed by atoms with E-state index in [0.717, 1.165) is 5.52 Å². The van der Waals surface area contributed by atoms with Crippen LogP contribution < -0.4 is 0 Å². The number of fused-ring (bicyclic) bond motifs is 3. The Morgan fingerprint density at radius 2 is 1.52 bits per heavy atom. The maximum atomic E-state index is 8.56. The number of pyridine rings is 1. The fourth-order valence-corrected chi connectivity index (χ4v) is 2.59. The number of rotatable bonds is 2. The molecule has 0 amide bonds. The largest absolute Gasteiger partial charge is 0.393 e. The first-order valence-corrected chi connectivity index (χ1v) is 7.58. The summed E-state index contributed by atoms with van der Waals surface area (Å²) < 4.78 is 0. The Labute approximate surface area is 150 Å². The van der Waals surface area contributed by atoms with Crippen LogP contribution in [0.5, 0.6) is 0 Å². The molecule has 3 nitrogen and oxygen atoms in total. The zero-order chi connectivity index (χ0) is 16.1. The van der Waals surface area contributed by atoms with E-state index in [1.54, 1.807) is 13.8 Å². The first-order chi connectivity index (χ1) is 10.5. The normalized spacial score (nSPS) is 12.9. The number of aromatic nitrogens is 1. The molecule has 4 heteroatoms. The molecule has 0 bridgehead atoms. The zero-order valence-corrected chi connectivity index (χ0v) is 15.3. The molecule has 0 aliphatic rings. The maximum absolute atomic E-state index is 8.56. The van der Waals surface area contributed by atoms with Crippen molar-refractivity contribution in [3.8, 4) is 0 Å². The molecule has 125 valence electrons. The van der Waals surface area contributed by atoms with E-state index in [1.165, 1.54) is 21.7 Å². The summed E-state index contributed by atoms with van der Waals surface area (Å²) in [5.74, 6) is 0. The molecule has 1 radical (unpaired) electrons. The molecule has 0 aliphatic heterocycles. The fraction of sp³-hybridized carbons (Fsp3) is 0.316. The summed E-state index contributed by atoms with van der Waals surface area (Å²) in [6, 6.07) is 14.7. The molecule has 0 fully saturated rings. The van der Waals surface area contributed by atoms with Crippen molar-refractivity contribution in [1.82, 2.24) is 4.98 Å². The second-order valence-electron chi connectivity index (χ2n) is 5.75. The topological polar surface area (TPSA) is 53.4 Å². The minimum absolute atomic E-state index is 0. The van der Waals surface area contributed by atoms with Crippen LogP contribution in [0.4, 0.5) is 0 Å². The molecule has 0 spiro atoms. The van der Waals surface area contributed by atoms with Gasteiger partial charge in [0.1, 0.15) is 0 Å². The summed E-state index contributed by atoms with van der Waals surface area (Å²) in [6.45, 7) is 5.45. The predicted molar refractivity (Wildman–Crippen MR) is 92.0 cm³/mol. The van der Waals surface area contributed by atoms with Crippen LogP contribution in [-0.2, 0) is 19.5 Å². The minimum Gasteiger partial charge on any atom is -0.393 e. The number of nitrogens with zero attached hydrogens (tertiary/aromatic N) is 1. The molecule has 0 aliphatic carbocycles. The smallest absolute Gasteiger partial charge is 0.0782 e. The van der Waals surface area contributed by atoms with Crippen molar-refractivity contribution in [1.29, 1.82) is 0 Å². The number of aliphatic hydroxyl groups excluding tert-OH is 2. The molecule has 0 saturated carbocycles. The summed E-state index contributed by atoms with van der Waals surface area (Å²) in [5, 5.41) is 20.9. The second-order valence-corrected chi connectivity index (χ2v) is 5.75. The third-order valence-corrected chi connectivity index (χ3v) is 3.51. The van der Waals surface area contributed by atoms with Crippen LogP contribution in [0.3, 0.4) is 0 Å². The van der Waals surface area contributed by atoms with Crippen LogP contribution in [-0.4, -0.2) is 27.4 Å². The maximum Gasteiger partial charge on any atom is 0.0782 e. The van der Waals surface area contributed by atoms with Crippen LogP contribution in [0.25, 0.3) is 21.7 Å². The van der Waals surface area contributed by atoms with Crippen molar-refractivity contribution in [2.24, 2.45) is 0 Å². The number of aliphatic hydroxyl groups is 2. The van der Waals surface area contributed by atoms with Crippen LogP contribution in [0.1, 0.15) is 25.8 Å². The van der Waals surface area contributed by atoms with Crippen LogP contribution in [0.15, 0.2) is 48.7 Å². The van der Waals surface area contributed by atoms with E-state index in [4.69, 9.17) is 10.2 Å². The van der Waals surface area contributed by atoms with Gasteiger partial charge in [0.05, 0.1) is 17.7 Å². The number of benzene rings is 2. The quantitative estimate of drug-likeness (QED) is 0.508. The summed E-state index contributed by atoms with van der Waals surface area (Å²) in [5.41, 5.74) is 2.39. The number of hydrogen-bond acceptors (Lipinski definition) is 3. The Morgan fingerprint density at radius 3 is 2.13 bits per heavy atom. The molecule has 3 aromatic rings. The summed E-state index contributed by atoms with van der Waals surface area (Å²) in [7, 11) is 0. The Morgan fingerprint density at radius 1 is 0.913 bits per heavy atom. The molecule has 2 N–H and O–H groups in total. The molecule has 2 atom stereocenters. The SMILES string of the molecule is CC(O)CC(C)O.Cc1cccc2ccc3cccnc3c12.[Rh]. The Hall–Kier alpha value is -1.35. The molecule has 1 heterocycles. The molecular weight excluding hydrogens is 377 g/mol. The molecule has 2 aromatic carbocycles. The Bertz CT molecular complexity index is 751. The van der Waals surface area contributed by atoms with Gasteiger partial charge in [-0.25, -0.2) is 0 Å². The second kappa shape index (κ2) is 9.07. The van der Waals surface area contributed by atoms with Gasteiger partial charge in [-0.1, -0.05) is 36.4 Å². The van der Waals surface area contributed by atoms with Gasteiger partial charge in [-0.15, -0.1) is 0 Å². The van der Waals surface area contributed by atoms with Gasteiger partial charge >= 0.3 is 0 Å². The van der Waals surface area contributed by atoms with Gasteiger partial charge in [-0.3, -0.25) is 4.98 Å². The fourth-order valence-electron chi connectivity index (χ4n) is 2.59. The van der Waals surface area contributed by atoms with Gasteiger partial charge in [-0.05, 0) is 44.2 Å². The molecule has 0 saturated heterocycles. The molecule has 1 aromatic heterocycles. The predicted octanol–water partition coefficient (Wildman–Crippen LogP) is 3.83. The van der Waals surface area contributed by atoms with Gasteiger partial charge in [-0.2, -0.15) is 0 Å². The summed E-state index contributed by atoms with van der Waals surface area (Å²) in [4.78, 5) is 4.47. The first kappa shape index (κ1) is 19.7. The summed E-state index contributed by atoms with van der Waals surface area (Å²) in [6.07, 6.45) is 1.58. The van der Waals surface area contributed by atoms with Crippen molar-refractivity contribution in [3.63, 3.8) is 0 Å². The van der Waals surface area contributed by atoms with Gasteiger partial charge in [0.15, 0.2) is 0 Å². The van der Waals surface area contributed by atoms with Gasteiger partial charge in [0, 0.05) is 36.4 Å². The van der Waals surface area contributed by atoms with Crippen molar-refractivity contribution in [2.45, 2.75) is 39.4 Å². The van der Waals surface area contributed by atoms with E-state index in [2.05, 4.69) is 48.3 Å². The van der Waals surface area contributed by atoms with E-state index < -0.39 is 0 Å². The van der Waals surface area contributed by atoms with Crippen molar-refractivity contribution in [3.05, 3.63) is 54.2 Å². The minimum atomic E-state index is -0.375. The molecule has 23 heavy (non-hydrogen) atoms. The average molecular weight is 400 g/mol. The van der Waals surface area contributed by atoms with Crippen LogP contribution in [0.2, 0.25) is 0 Å². The van der Waals surface area contributed by atoms with Crippen molar-refractivity contribution in [2.75, 3.05) is 0 Å². The average Bonchev–Trinajstić information content (AvgIpc) is 2.46. The van der Waals surface area contributed by atoms with Crippen molar-refractivity contribution >= 4 is 21.7 Å². The van der Waals surface area contributed by atoms with E-state index in [9.17, 15) is 0 Å². The molecular formula is C19H23NO2Rh. The van der Waals surface area contributed by atoms with Crippen LogP contribution in [0, 0.1) is 6.92 Å².